The van der Waals surface area contributed by atoms with Gasteiger partial charge in [0.25, 0.3) is 0 Å². The van der Waals surface area contributed by atoms with Crippen LogP contribution in [0.15, 0.2) is 0 Å². The van der Waals surface area contributed by atoms with Gasteiger partial charge in [-0.05, 0) is 11.8 Å². The molecule has 4 atom stereocenters. The van der Waals surface area contributed by atoms with Crippen LogP contribution in [0.25, 0.3) is 0 Å². The first kappa shape index (κ1) is 28.5. The lowest BCUT2D eigenvalue weighted by molar-refractivity contribution is -0.145. The van der Waals surface area contributed by atoms with E-state index in [4.69, 9.17) is 9.47 Å². The van der Waals surface area contributed by atoms with Crippen molar-refractivity contribution in [2.24, 2.45) is 11.8 Å². The minimum absolute atomic E-state index is 0.0287. The standard InChI is InChI=1S/C22H41N5O6/c1-7-15(3)17(19(28)32-5)24-21(30)23-9-10-26-11-13-27(14-12-26)22(31)25-18(16(4)8-2)20(29)33-6/h15-18H,7-14H2,1-6H3,(H,25,31)(H2,23,24,30)/t15-,16+,17-,18-/m0/s1. The molecule has 0 aromatic carbocycles. The molecule has 1 rings (SSSR count). The van der Waals surface area contributed by atoms with Crippen LogP contribution in [0.3, 0.4) is 0 Å². The van der Waals surface area contributed by atoms with Gasteiger partial charge in [0.05, 0.1) is 14.2 Å². The lowest BCUT2D eigenvalue weighted by Gasteiger charge is -2.35. The molecule has 1 heterocycles. The number of hydrogen-bond donors (Lipinski definition) is 3. The highest BCUT2D eigenvalue weighted by molar-refractivity contribution is 5.84. The van der Waals surface area contributed by atoms with E-state index in [1.807, 2.05) is 27.7 Å². The molecule has 1 aliphatic rings. The second-order valence-corrected chi connectivity index (χ2v) is 8.45. The van der Waals surface area contributed by atoms with E-state index in [9.17, 15) is 19.2 Å². The number of carbonyl (C=O) groups is 4. The molecule has 0 aromatic heterocycles. The zero-order valence-electron chi connectivity index (χ0n) is 20.8. The van der Waals surface area contributed by atoms with Crippen LogP contribution in [0.4, 0.5) is 9.59 Å². The van der Waals surface area contributed by atoms with Crippen molar-refractivity contribution in [3.63, 3.8) is 0 Å². The largest absolute Gasteiger partial charge is 0.467 e. The fraction of sp³-hybridized carbons (Fsp3) is 0.818. The van der Waals surface area contributed by atoms with Crippen LogP contribution < -0.4 is 16.0 Å². The molecule has 33 heavy (non-hydrogen) atoms. The van der Waals surface area contributed by atoms with Crippen LogP contribution in [0, 0.1) is 11.8 Å². The van der Waals surface area contributed by atoms with Crippen LogP contribution in [0.2, 0.25) is 0 Å². The molecule has 4 amide bonds. The highest BCUT2D eigenvalue weighted by Crippen LogP contribution is 2.11. The maximum absolute atomic E-state index is 12.6. The summed E-state index contributed by atoms with van der Waals surface area (Å²) in [5.74, 6) is -0.972. The minimum atomic E-state index is -0.689. The van der Waals surface area contributed by atoms with E-state index in [1.165, 1.54) is 14.2 Å². The van der Waals surface area contributed by atoms with Crippen molar-refractivity contribution in [3.05, 3.63) is 0 Å². The summed E-state index contributed by atoms with van der Waals surface area (Å²) in [4.78, 5) is 52.5. The highest BCUT2D eigenvalue weighted by atomic mass is 16.5. The number of urea groups is 2. The molecule has 0 bridgehead atoms. The molecule has 3 N–H and O–H groups in total. The third-order valence-corrected chi connectivity index (χ3v) is 6.27. The van der Waals surface area contributed by atoms with Crippen LogP contribution in [-0.2, 0) is 19.1 Å². The van der Waals surface area contributed by atoms with Crippen LogP contribution >= 0.6 is 0 Å². The summed E-state index contributed by atoms with van der Waals surface area (Å²) in [7, 11) is 2.62. The van der Waals surface area contributed by atoms with E-state index in [2.05, 4.69) is 20.9 Å². The zero-order valence-corrected chi connectivity index (χ0v) is 20.8. The van der Waals surface area contributed by atoms with Gasteiger partial charge in [-0.3, -0.25) is 4.90 Å². The Balaban J connectivity index is 2.42. The van der Waals surface area contributed by atoms with Crippen molar-refractivity contribution in [2.45, 2.75) is 52.6 Å². The fourth-order valence-corrected chi connectivity index (χ4v) is 3.51. The summed E-state index contributed by atoms with van der Waals surface area (Å²) in [5.41, 5.74) is 0. The predicted molar refractivity (Wildman–Crippen MR) is 124 cm³/mol. The quantitative estimate of drug-likeness (QED) is 0.380. The molecule has 0 aromatic rings. The number of hydrogen-bond acceptors (Lipinski definition) is 7. The second-order valence-electron chi connectivity index (χ2n) is 8.45. The maximum atomic E-state index is 12.6. The third kappa shape index (κ3) is 9.07. The van der Waals surface area contributed by atoms with Crippen molar-refractivity contribution in [2.75, 3.05) is 53.5 Å². The molecule has 0 radical (unpaired) electrons. The Kier molecular flexibility index (Phi) is 12.6. The third-order valence-electron chi connectivity index (χ3n) is 6.27. The van der Waals surface area contributed by atoms with Crippen molar-refractivity contribution in [1.29, 1.82) is 0 Å². The number of methoxy groups -OCH3 is 2. The highest BCUT2D eigenvalue weighted by Gasteiger charge is 2.30. The number of esters is 2. The zero-order chi connectivity index (χ0) is 25.0. The van der Waals surface area contributed by atoms with Gasteiger partial charge in [-0.2, -0.15) is 0 Å². The Labute approximate surface area is 196 Å². The number of amides is 4. The van der Waals surface area contributed by atoms with Crippen molar-refractivity contribution < 1.29 is 28.7 Å². The van der Waals surface area contributed by atoms with Gasteiger partial charge in [-0.15, -0.1) is 0 Å². The van der Waals surface area contributed by atoms with E-state index < -0.39 is 30.1 Å². The normalized spacial score (nSPS) is 17.8. The first-order chi connectivity index (χ1) is 15.7. The molecule has 0 spiro atoms. The van der Waals surface area contributed by atoms with Gasteiger partial charge in [0.2, 0.25) is 0 Å². The average Bonchev–Trinajstić information content (AvgIpc) is 2.84. The average molecular weight is 472 g/mol. The van der Waals surface area contributed by atoms with Gasteiger partial charge in [-0.1, -0.05) is 40.5 Å². The van der Waals surface area contributed by atoms with Crippen LogP contribution in [0.5, 0.6) is 0 Å². The number of carbonyl (C=O) groups excluding carboxylic acids is 4. The van der Waals surface area contributed by atoms with Gasteiger partial charge in [-0.25, -0.2) is 19.2 Å². The molecule has 0 unspecified atom stereocenters. The molecule has 1 aliphatic heterocycles. The van der Waals surface area contributed by atoms with Gasteiger partial charge >= 0.3 is 24.0 Å². The monoisotopic (exact) mass is 471 g/mol. The smallest absolute Gasteiger partial charge is 0.328 e. The van der Waals surface area contributed by atoms with Gasteiger partial charge < -0.3 is 30.3 Å². The van der Waals surface area contributed by atoms with Crippen molar-refractivity contribution in [3.8, 4) is 0 Å². The number of rotatable bonds is 11. The first-order valence-corrected chi connectivity index (χ1v) is 11.7. The molecule has 0 aliphatic carbocycles. The molecule has 11 nitrogen and oxygen atoms in total. The number of ether oxygens (including phenoxy) is 2. The topological polar surface area (TPSA) is 129 Å². The number of nitrogens with one attached hydrogen (secondary N) is 3. The van der Waals surface area contributed by atoms with Gasteiger partial charge in [0, 0.05) is 39.3 Å². The van der Waals surface area contributed by atoms with E-state index in [1.54, 1.807) is 4.90 Å². The van der Waals surface area contributed by atoms with Gasteiger partial charge in [0.15, 0.2) is 0 Å². The molecule has 0 saturated carbocycles. The Bertz CT molecular complexity index is 650. The molecular formula is C22H41N5O6. The maximum Gasteiger partial charge on any atom is 0.328 e. The predicted octanol–water partition coefficient (Wildman–Crippen LogP) is 0.788. The van der Waals surface area contributed by atoms with Crippen LogP contribution in [-0.4, -0.2) is 99.4 Å². The molecule has 11 heteroatoms. The lowest BCUT2D eigenvalue weighted by atomic mass is 9.99. The van der Waals surface area contributed by atoms with Crippen molar-refractivity contribution in [1.82, 2.24) is 25.8 Å². The SMILES string of the molecule is CC[C@@H](C)[C@H](NC(=O)N1CCN(CCNC(=O)N[C@H](C(=O)OC)[C@@H](C)CC)CC1)C(=O)OC. The summed E-state index contributed by atoms with van der Waals surface area (Å²) in [6.07, 6.45) is 1.47. The molecular weight excluding hydrogens is 430 g/mol. The van der Waals surface area contributed by atoms with Gasteiger partial charge in [0.1, 0.15) is 12.1 Å². The number of nitrogens with zero attached hydrogens (tertiary/aromatic N) is 2. The van der Waals surface area contributed by atoms with Crippen molar-refractivity contribution >= 4 is 24.0 Å². The Hall–Kier alpha value is -2.56. The van der Waals surface area contributed by atoms with E-state index in [0.717, 1.165) is 12.8 Å². The summed E-state index contributed by atoms with van der Waals surface area (Å²) in [6.45, 7) is 11.1. The summed E-state index contributed by atoms with van der Waals surface area (Å²) >= 11 is 0. The molecule has 1 fully saturated rings. The summed E-state index contributed by atoms with van der Waals surface area (Å²) < 4.78 is 9.60. The summed E-state index contributed by atoms with van der Waals surface area (Å²) in [5, 5.41) is 8.25. The molecule has 190 valence electrons. The lowest BCUT2D eigenvalue weighted by Crippen LogP contribution is -2.56. The molecule has 1 saturated heterocycles. The van der Waals surface area contributed by atoms with E-state index in [0.29, 0.717) is 39.3 Å². The van der Waals surface area contributed by atoms with Crippen LogP contribution in [0.1, 0.15) is 40.5 Å². The summed E-state index contributed by atoms with van der Waals surface area (Å²) in [6, 6.07) is -2.05. The fourth-order valence-electron chi connectivity index (χ4n) is 3.51. The van der Waals surface area contributed by atoms with E-state index >= 15 is 0 Å². The Morgan fingerprint density at radius 3 is 1.76 bits per heavy atom. The Morgan fingerprint density at radius 2 is 1.30 bits per heavy atom. The number of piperazine rings is 1. The second kappa shape index (κ2) is 14.6. The Morgan fingerprint density at radius 1 is 0.818 bits per heavy atom. The van der Waals surface area contributed by atoms with E-state index in [-0.39, 0.29) is 17.9 Å². The first-order valence-electron chi connectivity index (χ1n) is 11.7. The minimum Gasteiger partial charge on any atom is -0.467 e.